The Hall–Kier alpha value is -5.18. The molecule has 1 spiro atoms. The van der Waals surface area contributed by atoms with Crippen molar-refractivity contribution in [3.63, 3.8) is 0 Å². The van der Waals surface area contributed by atoms with Gasteiger partial charge in [0.25, 0.3) is 0 Å². The first-order valence-electron chi connectivity index (χ1n) is 19.3. The third-order valence-corrected chi connectivity index (χ3v) is 14.8. The lowest BCUT2D eigenvalue weighted by Crippen LogP contribution is -2.55. The summed E-state index contributed by atoms with van der Waals surface area (Å²) in [5.74, 6) is 3.42. The minimum atomic E-state index is 0.175. The minimum absolute atomic E-state index is 0.175. The van der Waals surface area contributed by atoms with Gasteiger partial charge >= 0.3 is 0 Å². The normalized spacial score (nSPS) is 23.8. The van der Waals surface area contributed by atoms with E-state index in [2.05, 4.69) is 157 Å². The lowest BCUT2D eigenvalue weighted by Gasteiger charge is -2.61. The predicted octanol–water partition coefficient (Wildman–Crippen LogP) is 14.1. The molecule has 8 aromatic rings. The molecule has 250 valence electrons. The second kappa shape index (κ2) is 10.9. The standard InChI is InChI=1S/C50H39NS/c1-2-10-34-28-39(20-19-33(34)9-1)51(38-12-7-11-35(29-38)41-15-8-16-44-43-14-4-6-18-48(43)52-49(41)44)40-21-22-47-45(30-40)42-13-3-5-17-46(42)50(47)36-24-31-23-32(26-36)27-37(50)25-31/h1-22,28-32,36-37H,23-27H2. The average molecular weight is 686 g/mol. The second-order valence-corrected chi connectivity index (χ2v) is 17.2. The monoisotopic (exact) mass is 685 g/mol. The van der Waals surface area contributed by atoms with Crippen LogP contribution in [0, 0.1) is 23.7 Å². The smallest absolute Gasteiger partial charge is 0.0468 e. The Morgan fingerprint density at radius 2 is 1.12 bits per heavy atom. The summed E-state index contributed by atoms with van der Waals surface area (Å²) in [6.07, 6.45) is 7.11. The maximum absolute atomic E-state index is 2.56. The Kier molecular flexibility index (Phi) is 6.17. The molecular weight excluding hydrogens is 647 g/mol. The molecule has 7 aromatic carbocycles. The van der Waals surface area contributed by atoms with Crippen LogP contribution in [0.25, 0.3) is 53.2 Å². The minimum Gasteiger partial charge on any atom is -0.310 e. The summed E-state index contributed by atoms with van der Waals surface area (Å²) >= 11 is 1.91. The van der Waals surface area contributed by atoms with Gasteiger partial charge in [-0.1, -0.05) is 109 Å². The first kappa shape index (κ1) is 29.4. The molecule has 1 aromatic heterocycles. The topological polar surface area (TPSA) is 3.24 Å². The van der Waals surface area contributed by atoms with Crippen molar-refractivity contribution in [2.24, 2.45) is 23.7 Å². The summed E-state index contributed by atoms with van der Waals surface area (Å²) in [5.41, 5.74) is 12.5. The zero-order chi connectivity index (χ0) is 34.0. The zero-order valence-electron chi connectivity index (χ0n) is 29.1. The van der Waals surface area contributed by atoms with Gasteiger partial charge in [-0.05, 0) is 142 Å². The van der Waals surface area contributed by atoms with Gasteiger partial charge < -0.3 is 4.90 Å². The van der Waals surface area contributed by atoms with Crippen LogP contribution < -0.4 is 4.90 Å². The molecule has 2 heteroatoms. The molecular formula is C50H39NS. The van der Waals surface area contributed by atoms with Crippen molar-refractivity contribution in [1.82, 2.24) is 0 Å². The third-order valence-electron chi connectivity index (χ3n) is 13.6. The summed E-state index contributed by atoms with van der Waals surface area (Å²) in [4.78, 5) is 2.51. The molecule has 52 heavy (non-hydrogen) atoms. The highest BCUT2D eigenvalue weighted by atomic mass is 32.1. The van der Waals surface area contributed by atoms with Crippen LogP contribution in [0.2, 0.25) is 0 Å². The lowest BCUT2D eigenvalue weighted by molar-refractivity contribution is -0.0399. The Morgan fingerprint density at radius 1 is 0.462 bits per heavy atom. The van der Waals surface area contributed by atoms with Gasteiger partial charge in [0.1, 0.15) is 0 Å². The molecule has 0 saturated heterocycles. The molecule has 4 saturated carbocycles. The summed E-state index contributed by atoms with van der Waals surface area (Å²) in [6.45, 7) is 0. The van der Waals surface area contributed by atoms with E-state index in [1.165, 1.54) is 102 Å². The number of thiophene rings is 1. The van der Waals surface area contributed by atoms with Gasteiger partial charge in [-0.3, -0.25) is 0 Å². The van der Waals surface area contributed by atoms with Crippen LogP contribution in [0.1, 0.15) is 43.2 Å². The molecule has 13 rings (SSSR count). The van der Waals surface area contributed by atoms with Gasteiger partial charge in [0.2, 0.25) is 0 Å². The van der Waals surface area contributed by atoms with E-state index in [9.17, 15) is 0 Å². The van der Waals surface area contributed by atoms with Crippen LogP contribution in [0.3, 0.4) is 0 Å². The Labute approximate surface area is 309 Å². The summed E-state index contributed by atoms with van der Waals surface area (Å²) < 4.78 is 2.70. The fourth-order valence-electron chi connectivity index (χ4n) is 11.8. The third kappa shape index (κ3) is 4.05. The van der Waals surface area contributed by atoms with E-state index in [1.807, 2.05) is 11.3 Å². The quantitative estimate of drug-likeness (QED) is 0.178. The van der Waals surface area contributed by atoms with E-state index in [1.54, 1.807) is 11.1 Å². The maximum atomic E-state index is 2.56. The average Bonchev–Trinajstić information content (AvgIpc) is 3.71. The summed E-state index contributed by atoms with van der Waals surface area (Å²) in [6, 6.07) is 57.6. The Bertz CT molecular complexity index is 2700. The number of hydrogen-bond donors (Lipinski definition) is 0. The van der Waals surface area contributed by atoms with E-state index >= 15 is 0 Å². The molecule has 0 N–H and O–H groups in total. The fraction of sp³-hybridized carbons (Fsp3) is 0.200. The molecule has 4 fully saturated rings. The largest absolute Gasteiger partial charge is 0.310 e. The SMILES string of the molecule is c1cc(-c2cccc3c2sc2ccccc23)cc(N(c2ccc3c(c2)-c2ccccc2C32C3CC4CC(C3)CC2C4)c2ccc3ccccc3c2)c1. The van der Waals surface area contributed by atoms with Gasteiger partial charge in [-0.25, -0.2) is 0 Å². The van der Waals surface area contributed by atoms with E-state index in [4.69, 9.17) is 0 Å². The maximum Gasteiger partial charge on any atom is 0.0468 e. The van der Waals surface area contributed by atoms with Crippen LogP contribution in [0.4, 0.5) is 17.1 Å². The molecule has 1 heterocycles. The van der Waals surface area contributed by atoms with Gasteiger partial charge in [0.15, 0.2) is 0 Å². The zero-order valence-corrected chi connectivity index (χ0v) is 30.0. The highest BCUT2D eigenvalue weighted by molar-refractivity contribution is 7.26. The Morgan fingerprint density at radius 3 is 2.00 bits per heavy atom. The van der Waals surface area contributed by atoms with Crippen LogP contribution in [-0.2, 0) is 5.41 Å². The van der Waals surface area contributed by atoms with Crippen LogP contribution in [-0.4, -0.2) is 0 Å². The number of benzene rings is 7. The van der Waals surface area contributed by atoms with Crippen LogP contribution >= 0.6 is 11.3 Å². The summed E-state index contributed by atoms with van der Waals surface area (Å²) in [5, 5.41) is 5.21. The first-order valence-corrected chi connectivity index (χ1v) is 20.1. The molecule has 5 aliphatic carbocycles. The molecule has 0 amide bonds. The number of rotatable bonds is 4. The van der Waals surface area contributed by atoms with E-state index in [0.717, 1.165) is 23.7 Å². The van der Waals surface area contributed by atoms with Crippen molar-refractivity contribution in [3.8, 4) is 22.3 Å². The van der Waals surface area contributed by atoms with Crippen molar-refractivity contribution in [2.75, 3.05) is 4.90 Å². The van der Waals surface area contributed by atoms with Crippen LogP contribution in [0.5, 0.6) is 0 Å². The highest BCUT2D eigenvalue weighted by Gasteiger charge is 2.61. The van der Waals surface area contributed by atoms with Crippen molar-refractivity contribution < 1.29 is 0 Å². The molecule has 5 aliphatic rings. The molecule has 0 atom stereocenters. The number of anilines is 3. The van der Waals surface area contributed by atoms with Crippen molar-refractivity contribution in [1.29, 1.82) is 0 Å². The van der Waals surface area contributed by atoms with Gasteiger partial charge in [-0.15, -0.1) is 11.3 Å². The first-order chi connectivity index (χ1) is 25.7. The van der Waals surface area contributed by atoms with E-state index in [0.29, 0.717) is 0 Å². The number of nitrogens with zero attached hydrogens (tertiary/aromatic N) is 1. The van der Waals surface area contributed by atoms with E-state index < -0.39 is 0 Å². The lowest BCUT2D eigenvalue weighted by atomic mass is 9.43. The van der Waals surface area contributed by atoms with Gasteiger partial charge in [0, 0.05) is 42.6 Å². The fourth-order valence-corrected chi connectivity index (χ4v) is 13.1. The van der Waals surface area contributed by atoms with Gasteiger partial charge in [0.05, 0.1) is 0 Å². The highest BCUT2D eigenvalue weighted by Crippen LogP contribution is 2.69. The summed E-state index contributed by atoms with van der Waals surface area (Å²) in [7, 11) is 0. The predicted molar refractivity (Wildman–Crippen MR) is 220 cm³/mol. The molecule has 0 aliphatic heterocycles. The molecule has 4 bridgehead atoms. The van der Waals surface area contributed by atoms with E-state index in [-0.39, 0.29) is 5.41 Å². The number of hydrogen-bond acceptors (Lipinski definition) is 2. The van der Waals surface area contributed by atoms with Crippen molar-refractivity contribution in [2.45, 2.75) is 37.5 Å². The number of fused-ring (bicyclic) bond motifs is 7. The molecule has 0 unspecified atom stereocenters. The second-order valence-electron chi connectivity index (χ2n) is 16.1. The molecule has 0 radical (unpaired) electrons. The van der Waals surface area contributed by atoms with Crippen LogP contribution in [0.15, 0.2) is 152 Å². The molecule has 1 nitrogen and oxygen atoms in total. The van der Waals surface area contributed by atoms with Crippen molar-refractivity contribution >= 4 is 59.3 Å². The van der Waals surface area contributed by atoms with Gasteiger partial charge in [-0.2, -0.15) is 0 Å². The Balaban J connectivity index is 1.05. The van der Waals surface area contributed by atoms with Crippen molar-refractivity contribution in [3.05, 3.63) is 163 Å².